The second-order valence-corrected chi connectivity index (χ2v) is 6.65. The van der Waals surface area contributed by atoms with Crippen LogP contribution in [0.3, 0.4) is 0 Å². The van der Waals surface area contributed by atoms with Gasteiger partial charge in [0, 0.05) is 36.7 Å². The van der Waals surface area contributed by atoms with Crippen LogP contribution in [-0.2, 0) is 11.3 Å². The molecule has 3 rings (SSSR count). The fourth-order valence-electron chi connectivity index (χ4n) is 3.34. The lowest BCUT2D eigenvalue weighted by Gasteiger charge is -2.26. The summed E-state index contributed by atoms with van der Waals surface area (Å²) in [5.74, 6) is 1.77. The molecule has 0 radical (unpaired) electrons. The molecule has 0 aliphatic carbocycles. The Morgan fingerprint density at radius 2 is 1.90 bits per heavy atom. The van der Waals surface area contributed by atoms with E-state index in [-0.39, 0.29) is 35.8 Å². The molecule has 1 aliphatic heterocycles. The molecule has 0 saturated carbocycles. The van der Waals surface area contributed by atoms with Gasteiger partial charge in [-0.15, -0.1) is 24.0 Å². The smallest absolute Gasteiger partial charge is 0.225 e. The summed E-state index contributed by atoms with van der Waals surface area (Å²) in [6, 6.07) is 15.9. The number of guanidine groups is 1. The van der Waals surface area contributed by atoms with Gasteiger partial charge in [-0.2, -0.15) is 0 Å². The van der Waals surface area contributed by atoms with Crippen LogP contribution >= 0.6 is 24.0 Å². The summed E-state index contributed by atoms with van der Waals surface area (Å²) < 4.78 is 5.68. The molecular weight excluding hydrogens is 479 g/mol. The van der Waals surface area contributed by atoms with E-state index < -0.39 is 0 Å². The maximum absolute atomic E-state index is 12.0. The summed E-state index contributed by atoms with van der Waals surface area (Å²) in [5.41, 5.74) is 3.11. The fraction of sp³-hybridized carbons (Fsp3) is 0.364. The third kappa shape index (κ3) is 6.35. The van der Waals surface area contributed by atoms with E-state index in [1.54, 1.807) is 0 Å². The summed E-state index contributed by atoms with van der Waals surface area (Å²) in [7, 11) is 0. The second-order valence-electron chi connectivity index (χ2n) is 6.65. The molecular formula is C22H29IN4O2. The minimum atomic E-state index is 0. The molecule has 29 heavy (non-hydrogen) atoms. The first-order valence-corrected chi connectivity index (χ1v) is 9.83. The highest BCUT2D eigenvalue weighted by atomic mass is 127. The lowest BCUT2D eigenvalue weighted by Crippen LogP contribution is -2.40. The summed E-state index contributed by atoms with van der Waals surface area (Å²) in [5, 5.41) is 9.61. The molecule has 6 nitrogen and oxygen atoms in total. The third-order valence-electron chi connectivity index (χ3n) is 4.65. The van der Waals surface area contributed by atoms with Crippen molar-refractivity contribution in [2.45, 2.75) is 32.7 Å². The molecule has 0 fully saturated rings. The van der Waals surface area contributed by atoms with Crippen LogP contribution in [-0.4, -0.2) is 31.6 Å². The Morgan fingerprint density at radius 1 is 1.14 bits per heavy atom. The van der Waals surface area contributed by atoms with Crippen molar-refractivity contribution in [3.05, 3.63) is 59.7 Å². The van der Waals surface area contributed by atoms with Crippen molar-refractivity contribution in [3.63, 3.8) is 0 Å². The van der Waals surface area contributed by atoms with Crippen molar-refractivity contribution in [3.8, 4) is 5.75 Å². The Kier molecular flexibility index (Phi) is 9.24. The number of carbonyl (C=O) groups is 1. The largest absolute Gasteiger partial charge is 0.494 e. The lowest BCUT2D eigenvalue weighted by molar-refractivity contribution is -0.116. The third-order valence-corrected chi connectivity index (χ3v) is 4.65. The number of anilines is 1. The zero-order valence-electron chi connectivity index (χ0n) is 16.9. The Balaban J connectivity index is 0.00000300. The van der Waals surface area contributed by atoms with Gasteiger partial charge >= 0.3 is 0 Å². The van der Waals surface area contributed by atoms with Crippen LogP contribution in [0.2, 0.25) is 0 Å². The number of amides is 1. The summed E-state index contributed by atoms with van der Waals surface area (Å²) in [6.07, 6.45) is 0.469. The molecule has 1 atom stereocenters. The van der Waals surface area contributed by atoms with Crippen molar-refractivity contribution < 1.29 is 9.53 Å². The number of halogens is 1. The fourth-order valence-corrected chi connectivity index (χ4v) is 3.34. The number of rotatable bonds is 7. The van der Waals surface area contributed by atoms with E-state index in [2.05, 4.69) is 22.0 Å². The Labute approximate surface area is 189 Å². The van der Waals surface area contributed by atoms with Gasteiger partial charge in [-0.05, 0) is 31.5 Å². The molecule has 1 unspecified atom stereocenters. The SMILES string of the molecule is CCNC(=NCc1ccccc1OCC)NCC1CC(=O)Nc2ccccc21.I. The zero-order chi connectivity index (χ0) is 19.8. The number of nitrogens with zero attached hydrogens (tertiary/aromatic N) is 1. The number of hydrogen-bond donors (Lipinski definition) is 3. The molecule has 1 amide bonds. The number of hydrogen-bond acceptors (Lipinski definition) is 3. The quantitative estimate of drug-likeness (QED) is 0.302. The number of aliphatic imine (C=N–C) groups is 1. The first-order valence-electron chi connectivity index (χ1n) is 9.83. The monoisotopic (exact) mass is 508 g/mol. The van der Waals surface area contributed by atoms with Crippen LogP contribution in [0.1, 0.15) is 37.3 Å². The minimum absolute atomic E-state index is 0. The highest BCUT2D eigenvalue weighted by Gasteiger charge is 2.24. The van der Waals surface area contributed by atoms with Gasteiger partial charge in [-0.3, -0.25) is 4.79 Å². The highest BCUT2D eigenvalue weighted by molar-refractivity contribution is 14.0. The first kappa shape index (κ1) is 23.0. The van der Waals surface area contributed by atoms with E-state index in [9.17, 15) is 4.79 Å². The summed E-state index contributed by atoms with van der Waals surface area (Å²) in [6.45, 7) is 6.57. The maximum Gasteiger partial charge on any atom is 0.225 e. The van der Waals surface area contributed by atoms with Gasteiger partial charge < -0.3 is 20.7 Å². The number of carbonyl (C=O) groups excluding carboxylic acids is 1. The average Bonchev–Trinajstić information content (AvgIpc) is 2.71. The molecule has 2 aromatic carbocycles. The molecule has 0 bridgehead atoms. The van der Waals surface area contributed by atoms with Gasteiger partial charge in [0.1, 0.15) is 5.75 Å². The molecule has 1 aliphatic rings. The van der Waals surface area contributed by atoms with E-state index in [4.69, 9.17) is 9.73 Å². The highest BCUT2D eigenvalue weighted by Crippen LogP contribution is 2.31. The Morgan fingerprint density at radius 3 is 2.69 bits per heavy atom. The van der Waals surface area contributed by atoms with Crippen LogP contribution in [0.4, 0.5) is 5.69 Å². The first-order chi connectivity index (χ1) is 13.7. The van der Waals surface area contributed by atoms with Crippen LogP contribution in [0, 0.1) is 0 Å². The second kappa shape index (κ2) is 11.6. The summed E-state index contributed by atoms with van der Waals surface area (Å²) in [4.78, 5) is 16.7. The Bertz CT molecular complexity index is 841. The number of benzene rings is 2. The minimum Gasteiger partial charge on any atom is -0.494 e. The van der Waals surface area contributed by atoms with E-state index in [1.165, 1.54) is 0 Å². The molecule has 3 N–H and O–H groups in total. The van der Waals surface area contributed by atoms with Crippen LogP contribution < -0.4 is 20.7 Å². The van der Waals surface area contributed by atoms with Gasteiger partial charge in [-0.1, -0.05) is 36.4 Å². The number of ether oxygens (including phenoxy) is 1. The zero-order valence-corrected chi connectivity index (χ0v) is 19.2. The van der Waals surface area contributed by atoms with E-state index in [0.29, 0.717) is 26.1 Å². The van der Waals surface area contributed by atoms with Crippen molar-refractivity contribution in [1.82, 2.24) is 10.6 Å². The number of fused-ring (bicyclic) bond motifs is 1. The predicted octanol–water partition coefficient (Wildman–Crippen LogP) is 3.88. The van der Waals surface area contributed by atoms with Crippen LogP contribution in [0.15, 0.2) is 53.5 Å². The number of para-hydroxylation sites is 2. The molecule has 1 heterocycles. The average molecular weight is 508 g/mol. The lowest BCUT2D eigenvalue weighted by atomic mass is 9.90. The van der Waals surface area contributed by atoms with Crippen LogP contribution in [0.5, 0.6) is 5.75 Å². The van der Waals surface area contributed by atoms with E-state index in [1.807, 2.05) is 56.3 Å². The van der Waals surface area contributed by atoms with Gasteiger partial charge in [0.2, 0.25) is 5.91 Å². The van der Waals surface area contributed by atoms with Gasteiger partial charge in [0.25, 0.3) is 0 Å². The van der Waals surface area contributed by atoms with Gasteiger partial charge in [0.05, 0.1) is 13.2 Å². The maximum atomic E-state index is 12.0. The molecule has 0 saturated heterocycles. The summed E-state index contributed by atoms with van der Waals surface area (Å²) >= 11 is 0. The Hall–Kier alpha value is -2.29. The molecule has 156 valence electrons. The normalized spacial score (nSPS) is 15.6. The molecule has 0 aromatic heterocycles. The van der Waals surface area contributed by atoms with Gasteiger partial charge in [-0.25, -0.2) is 4.99 Å². The molecule has 7 heteroatoms. The van der Waals surface area contributed by atoms with Gasteiger partial charge in [0.15, 0.2) is 5.96 Å². The molecule has 2 aromatic rings. The number of nitrogens with one attached hydrogen (secondary N) is 3. The van der Waals surface area contributed by atoms with Crippen molar-refractivity contribution >= 4 is 41.5 Å². The van der Waals surface area contributed by atoms with Crippen molar-refractivity contribution in [2.24, 2.45) is 4.99 Å². The van der Waals surface area contributed by atoms with E-state index >= 15 is 0 Å². The van der Waals surface area contributed by atoms with Crippen LogP contribution in [0.25, 0.3) is 0 Å². The topological polar surface area (TPSA) is 74.8 Å². The predicted molar refractivity (Wildman–Crippen MR) is 128 cm³/mol. The van der Waals surface area contributed by atoms with Crippen molar-refractivity contribution in [1.29, 1.82) is 0 Å². The standard InChI is InChI=1S/C22H28N4O2.HI/c1-3-23-22(24-14-16-9-5-8-12-20(16)28-4-2)25-15-17-13-21(27)26-19-11-7-6-10-18(17)19;/h5-12,17H,3-4,13-15H2,1-2H3,(H,26,27)(H2,23,24,25);1H. The van der Waals surface area contributed by atoms with Crippen molar-refractivity contribution in [2.75, 3.05) is 25.0 Å². The van der Waals surface area contributed by atoms with E-state index in [0.717, 1.165) is 35.1 Å². The molecule has 0 spiro atoms.